The largest absolute Gasteiger partial charge is 0.256 e. The van der Waals surface area contributed by atoms with Gasteiger partial charge in [-0.15, -0.1) is 0 Å². The maximum Gasteiger partial charge on any atom is 0.160 e. The van der Waals surface area contributed by atoms with Gasteiger partial charge in [-0.1, -0.05) is 153 Å². The van der Waals surface area contributed by atoms with Gasteiger partial charge in [0.15, 0.2) is 5.82 Å². The third kappa shape index (κ3) is 6.69. The van der Waals surface area contributed by atoms with Crippen molar-refractivity contribution in [3.63, 3.8) is 0 Å². The first-order valence-corrected chi connectivity index (χ1v) is 19.9. The van der Waals surface area contributed by atoms with Crippen LogP contribution in [-0.4, -0.2) is 15.0 Å². The number of hydrogen-bond donors (Lipinski definition) is 0. The summed E-state index contributed by atoms with van der Waals surface area (Å²) < 4.78 is 0. The number of nitrogens with zero attached hydrogens (tertiary/aromatic N) is 4. The third-order valence-corrected chi connectivity index (χ3v) is 11.6. The maximum atomic E-state index is 9.71. The highest BCUT2D eigenvalue weighted by molar-refractivity contribution is 5.87. The molecule has 59 heavy (non-hydrogen) atoms. The van der Waals surface area contributed by atoms with E-state index in [1.165, 1.54) is 22.3 Å². The Balaban J connectivity index is 1.13. The van der Waals surface area contributed by atoms with E-state index in [2.05, 4.69) is 153 Å². The molecule has 0 spiro atoms. The third-order valence-electron chi connectivity index (χ3n) is 11.6. The van der Waals surface area contributed by atoms with Crippen LogP contribution in [0.2, 0.25) is 0 Å². The SMILES string of the molecule is CC1(C)c2ccc(C#N)cc2-c2ccc(-c3cc(-c4ccc(-c5ccccc5)nc4)cc(-c4cc(-c5ccc(-c6ccccc6)cc5)nc(-c5ccccc5)n4)c3)cc21. The average Bonchev–Trinajstić information content (AvgIpc) is 3.54. The smallest absolute Gasteiger partial charge is 0.160 e. The lowest BCUT2D eigenvalue weighted by atomic mass is 9.81. The summed E-state index contributed by atoms with van der Waals surface area (Å²) in [5.74, 6) is 0.667. The molecule has 0 N–H and O–H groups in total. The van der Waals surface area contributed by atoms with Gasteiger partial charge in [0, 0.05) is 39.4 Å². The van der Waals surface area contributed by atoms with Crippen LogP contribution in [0.25, 0.3) is 89.7 Å². The van der Waals surface area contributed by atoms with Gasteiger partial charge in [0.1, 0.15) is 0 Å². The van der Waals surface area contributed by atoms with E-state index in [-0.39, 0.29) is 5.41 Å². The molecule has 0 saturated heterocycles. The van der Waals surface area contributed by atoms with Crippen molar-refractivity contribution in [2.45, 2.75) is 19.3 Å². The highest BCUT2D eigenvalue weighted by atomic mass is 14.9. The average molecular weight is 755 g/mol. The summed E-state index contributed by atoms with van der Waals surface area (Å²) in [4.78, 5) is 15.3. The standard InChI is InChI=1S/C55H38N4/c1-55(2)49-26-18-36(34-56)28-48(49)47-25-23-42(32-50(47)55)44-29-45(43-24-27-51(57-35-43)39-14-8-4-9-15-39)31-46(30-44)53-33-52(58-54(59-53)41-16-10-5-11-17-41)40-21-19-38(20-22-40)37-12-6-3-7-13-37/h3-33,35H,1-2H3. The van der Waals surface area contributed by atoms with E-state index in [9.17, 15) is 5.26 Å². The summed E-state index contributed by atoms with van der Waals surface area (Å²) in [6.45, 7) is 4.55. The van der Waals surface area contributed by atoms with Gasteiger partial charge in [-0.2, -0.15) is 5.26 Å². The van der Waals surface area contributed by atoms with Crippen molar-refractivity contribution in [1.82, 2.24) is 15.0 Å². The quantitative estimate of drug-likeness (QED) is 0.163. The molecule has 7 aromatic carbocycles. The molecular weight excluding hydrogens is 717 g/mol. The van der Waals surface area contributed by atoms with Crippen LogP contribution in [0.4, 0.5) is 0 Å². The Bertz CT molecular complexity index is 3040. The topological polar surface area (TPSA) is 62.5 Å². The molecule has 0 atom stereocenters. The summed E-state index contributed by atoms with van der Waals surface area (Å²) in [5.41, 5.74) is 18.4. The second kappa shape index (κ2) is 14.6. The molecule has 4 heteroatoms. The molecule has 0 unspecified atom stereocenters. The number of nitriles is 1. The minimum absolute atomic E-state index is 0.228. The van der Waals surface area contributed by atoms with Crippen molar-refractivity contribution in [3.05, 3.63) is 211 Å². The van der Waals surface area contributed by atoms with Crippen LogP contribution >= 0.6 is 0 Å². The predicted octanol–water partition coefficient (Wildman–Crippen LogP) is 13.7. The molecule has 0 radical (unpaired) electrons. The lowest BCUT2D eigenvalue weighted by Crippen LogP contribution is -2.15. The Labute approximate surface area is 344 Å². The minimum atomic E-state index is -0.228. The van der Waals surface area contributed by atoms with Crippen molar-refractivity contribution < 1.29 is 0 Å². The monoisotopic (exact) mass is 754 g/mol. The molecule has 2 heterocycles. The fraction of sp³-hybridized carbons (Fsp3) is 0.0545. The van der Waals surface area contributed by atoms with Crippen molar-refractivity contribution in [3.8, 4) is 95.7 Å². The maximum absolute atomic E-state index is 9.71. The highest BCUT2D eigenvalue weighted by Crippen LogP contribution is 2.50. The Morgan fingerprint density at radius 3 is 1.59 bits per heavy atom. The zero-order chi connectivity index (χ0) is 39.9. The fourth-order valence-electron chi connectivity index (χ4n) is 8.38. The molecule has 1 aliphatic rings. The number of aromatic nitrogens is 3. The van der Waals surface area contributed by atoms with Crippen LogP contribution in [0.15, 0.2) is 194 Å². The Hall–Kier alpha value is -7.74. The van der Waals surface area contributed by atoms with Crippen molar-refractivity contribution in [2.75, 3.05) is 0 Å². The van der Waals surface area contributed by atoms with Crippen molar-refractivity contribution >= 4 is 0 Å². The first-order valence-electron chi connectivity index (χ1n) is 19.9. The number of fused-ring (bicyclic) bond motifs is 3. The Morgan fingerprint density at radius 2 is 0.932 bits per heavy atom. The van der Waals surface area contributed by atoms with Gasteiger partial charge in [0.2, 0.25) is 0 Å². The Kier molecular flexibility index (Phi) is 8.85. The van der Waals surface area contributed by atoms with Gasteiger partial charge in [-0.05, 0) is 98.6 Å². The second-order valence-corrected chi connectivity index (χ2v) is 15.6. The van der Waals surface area contributed by atoms with Gasteiger partial charge in [-0.25, -0.2) is 9.97 Å². The molecule has 10 rings (SSSR count). The normalized spacial score (nSPS) is 12.4. The number of hydrogen-bond acceptors (Lipinski definition) is 4. The van der Waals surface area contributed by atoms with Gasteiger partial charge in [0.25, 0.3) is 0 Å². The molecule has 2 aromatic heterocycles. The summed E-state index contributed by atoms with van der Waals surface area (Å²) in [7, 11) is 0. The van der Waals surface area contributed by atoms with E-state index in [4.69, 9.17) is 15.0 Å². The zero-order valence-electron chi connectivity index (χ0n) is 32.8. The molecule has 4 nitrogen and oxygen atoms in total. The molecule has 1 aliphatic carbocycles. The number of pyridine rings is 1. The zero-order valence-corrected chi connectivity index (χ0v) is 32.8. The van der Waals surface area contributed by atoms with Crippen LogP contribution in [-0.2, 0) is 5.41 Å². The van der Waals surface area contributed by atoms with E-state index in [0.717, 1.165) is 72.7 Å². The van der Waals surface area contributed by atoms with Gasteiger partial charge in [0.05, 0.1) is 28.7 Å². The molecule has 278 valence electrons. The number of benzene rings is 7. The highest BCUT2D eigenvalue weighted by Gasteiger charge is 2.35. The molecular formula is C55H38N4. The van der Waals surface area contributed by atoms with E-state index in [1.54, 1.807) is 0 Å². The molecule has 0 amide bonds. The summed E-state index contributed by atoms with van der Waals surface area (Å²) >= 11 is 0. The molecule has 0 bridgehead atoms. The van der Waals surface area contributed by atoms with Gasteiger partial charge < -0.3 is 0 Å². The van der Waals surface area contributed by atoms with Crippen LogP contribution in [0.1, 0.15) is 30.5 Å². The predicted molar refractivity (Wildman–Crippen MR) is 240 cm³/mol. The fourth-order valence-corrected chi connectivity index (χ4v) is 8.38. The van der Waals surface area contributed by atoms with E-state index < -0.39 is 0 Å². The number of rotatable bonds is 7. The molecule has 0 aliphatic heterocycles. The Morgan fingerprint density at radius 1 is 0.390 bits per heavy atom. The van der Waals surface area contributed by atoms with E-state index in [1.807, 2.05) is 60.8 Å². The molecule has 0 fully saturated rings. The van der Waals surface area contributed by atoms with Gasteiger partial charge >= 0.3 is 0 Å². The lowest BCUT2D eigenvalue weighted by Gasteiger charge is -2.22. The van der Waals surface area contributed by atoms with Crippen LogP contribution in [0.5, 0.6) is 0 Å². The second-order valence-electron chi connectivity index (χ2n) is 15.6. The summed E-state index contributed by atoms with van der Waals surface area (Å²) in [6.07, 6.45) is 1.97. The van der Waals surface area contributed by atoms with Crippen LogP contribution < -0.4 is 0 Å². The van der Waals surface area contributed by atoms with Crippen LogP contribution in [0, 0.1) is 11.3 Å². The molecule has 9 aromatic rings. The first kappa shape index (κ1) is 35.7. The van der Waals surface area contributed by atoms with Crippen molar-refractivity contribution in [2.24, 2.45) is 0 Å². The van der Waals surface area contributed by atoms with Crippen molar-refractivity contribution in [1.29, 1.82) is 5.26 Å². The van der Waals surface area contributed by atoms with E-state index in [0.29, 0.717) is 11.4 Å². The van der Waals surface area contributed by atoms with Gasteiger partial charge in [-0.3, -0.25) is 4.98 Å². The van der Waals surface area contributed by atoms with E-state index >= 15 is 0 Å². The van der Waals surface area contributed by atoms with Crippen LogP contribution in [0.3, 0.4) is 0 Å². The first-order chi connectivity index (χ1) is 28.9. The molecule has 0 saturated carbocycles. The summed E-state index contributed by atoms with van der Waals surface area (Å²) in [6, 6.07) is 67.8. The summed E-state index contributed by atoms with van der Waals surface area (Å²) in [5, 5.41) is 9.71. The minimum Gasteiger partial charge on any atom is -0.256 e. The lowest BCUT2D eigenvalue weighted by molar-refractivity contribution is 0.660.